The van der Waals surface area contributed by atoms with Gasteiger partial charge in [0.05, 0.1) is 18.4 Å². The van der Waals surface area contributed by atoms with Gasteiger partial charge in [-0.25, -0.2) is 8.42 Å². The number of sulfonamides is 1. The Morgan fingerprint density at radius 2 is 2.09 bits per heavy atom. The number of ether oxygens (including phenoxy) is 1. The topological polar surface area (TPSA) is 59.8 Å². The number of para-hydroxylation sites is 1. The molecule has 2 aromatic rings. The minimum atomic E-state index is -3.58. The second kappa shape index (κ2) is 4.59. The van der Waals surface area contributed by atoms with Gasteiger partial charge in [-0.3, -0.25) is 0 Å². The van der Waals surface area contributed by atoms with Crippen molar-refractivity contribution in [1.82, 2.24) is 4.31 Å². The number of hydrogen-bond acceptors (Lipinski definition) is 4. The lowest BCUT2D eigenvalue weighted by atomic mass is 9.88. The number of rotatable bonds is 3. The third-order valence-corrected chi connectivity index (χ3v) is 7.96. The summed E-state index contributed by atoms with van der Waals surface area (Å²) in [4.78, 5) is 0.277. The summed E-state index contributed by atoms with van der Waals surface area (Å²) in [6, 6.07) is 7.08. The lowest BCUT2D eigenvalue weighted by Crippen LogP contribution is -2.44. The zero-order valence-corrected chi connectivity index (χ0v) is 13.7. The standard InChI is InChI=1S/C17H19NO4S/c1-21-17-11-7-12-9-18(15(17)13(12)8-11)23(19,20)14-4-2-3-10-5-6-22-16(10)14/h2-6,11-13,15,17H,7-9H2,1H3. The van der Waals surface area contributed by atoms with Crippen LogP contribution >= 0.6 is 0 Å². The Morgan fingerprint density at radius 1 is 1.22 bits per heavy atom. The van der Waals surface area contributed by atoms with Crippen LogP contribution in [0.5, 0.6) is 0 Å². The van der Waals surface area contributed by atoms with Crippen LogP contribution in [0.2, 0.25) is 0 Å². The number of hydrogen-bond donors (Lipinski definition) is 0. The Balaban J connectivity index is 1.63. The van der Waals surface area contributed by atoms with Crippen LogP contribution < -0.4 is 0 Å². The van der Waals surface area contributed by atoms with Crippen molar-refractivity contribution in [3.8, 4) is 0 Å². The predicted octanol–water partition coefficient (Wildman–Crippen LogP) is 2.48. The van der Waals surface area contributed by atoms with Crippen LogP contribution in [0.25, 0.3) is 11.0 Å². The van der Waals surface area contributed by atoms with Crippen LogP contribution in [0.3, 0.4) is 0 Å². The Kier molecular flexibility index (Phi) is 2.79. The van der Waals surface area contributed by atoms with Crippen molar-refractivity contribution in [3.05, 3.63) is 30.5 Å². The number of benzene rings is 1. The van der Waals surface area contributed by atoms with Gasteiger partial charge in [-0.1, -0.05) is 12.1 Å². The first-order valence-electron chi connectivity index (χ1n) is 8.12. The van der Waals surface area contributed by atoms with Crippen LogP contribution in [0.1, 0.15) is 12.8 Å². The highest BCUT2D eigenvalue weighted by molar-refractivity contribution is 7.89. The van der Waals surface area contributed by atoms with Gasteiger partial charge in [-0.05, 0) is 42.7 Å². The molecule has 0 spiro atoms. The molecule has 2 bridgehead atoms. The summed E-state index contributed by atoms with van der Waals surface area (Å²) in [6.45, 7) is 0.616. The summed E-state index contributed by atoms with van der Waals surface area (Å²) in [5, 5.41) is 0.820. The first-order valence-corrected chi connectivity index (χ1v) is 9.56. The smallest absolute Gasteiger partial charge is 0.247 e. The molecule has 1 aromatic heterocycles. The molecule has 2 heterocycles. The van der Waals surface area contributed by atoms with Crippen molar-refractivity contribution in [2.24, 2.45) is 17.8 Å². The highest BCUT2D eigenvalue weighted by Crippen LogP contribution is 2.57. The Hall–Kier alpha value is -1.37. The van der Waals surface area contributed by atoms with Crippen molar-refractivity contribution in [2.45, 2.75) is 29.9 Å². The second-order valence-electron chi connectivity index (χ2n) is 7.02. The summed E-state index contributed by atoms with van der Waals surface area (Å²) < 4.78 is 39.5. The van der Waals surface area contributed by atoms with Crippen LogP contribution in [0.15, 0.2) is 39.8 Å². The van der Waals surface area contributed by atoms with Crippen molar-refractivity contribution >= 4 is 21.0 Å². The lowest BCUT2D eigenvalue weighted by Gasteiger charge is -2.30. The van der Waals surface area contributed by atoms with Crippen molar-refractivity contribution in [1.29, 1.82) is 0 Å². The molecule has 2 aliphatic carbocycles. The van der Waals surface area contributed by atoms with Gasteiger partial charge in [0.15, 0.2) is 5.58 Å². The highest BCUT2D eigenvalue weighted by atomic mass is 32.2. The largest absolute Gasteiger partial charge is 0.463 e. The molecule has 5 atom stereocenters. The number of nitrogens with zero attached hydrogens (tertiary/aromatic N) is 1. The maximum Gasteiger partial charge on any atom is 0.247 e. The van der Waals surface area contributed by atoms with Gasteiger partial charge in [-0.2, -0.15) is 4.31 Å². The first kappa shape index (κ1) is 14.0. The van der Waals surface area contributed by atoms with E-state index in [2.05, 4.69) is 0 Å². The van der Waals surface area contributed by atoms with Crippen molar-refractivity contribution < 1.29 is 17.6 Å². The molecule has 5 rings (SSSR count). The van der Waals surface area contributed by atoms with E-state index in [-0.39, 0.29) is 17.0 Å². The summed E-state index contributed by atoms with van der Waals surface area (Å²) in [5.74, 6) is 1.46. The minimum absolute atomic E-state index is 0.0148. The van der Waals surface area contributed by atoms with Gasteiger partial charge in [0.1, 0.15) is 4.90 Å². The summed E-state index contributed by atoms with van der Waals surface area (Å²) in [5.41, 5.74) is 0.454. The number of fused-ring (bicyclic) bond motifs is 2. The molecule has 6 heteroatoms. The van der Waals surface area contributed by atoms with E-state index in [0.717, 1.165) is 18.2 Å². The summed E-state index contributed by atoms with van der Waals surface area (Å²) in [6.07, 6.45) is 3.77. The van der Waals surface area contributed by atoms with Crippen LogP contribution in [0.4, 0.5) is 0 Å². The van der Waals surface area contributed by atoms with E-state index >= 15 is 0 Å². The van der Waals surface area contributed by atoms with Gasteiger partial charge < -0.3 is 9.15 Å². The molecule has 1 aromatic carbocycles. The zero-order chi connectivity index (χ0) is 15.8. The molecule has 5 nitrogen and oxygen atoms in total. The molecule has 1 aliphatic heterocycles. The second-order valence-corrected chi connectivity index (χ2v) is 8.88. The highest BCUT2D eigenvalue weighted by Gasteiger charge is 2.62. The average Bonchev–Trinajstić information content (AvgIpc) is 3.25. The van der Waals surface area contributed by atoms with E-state index in [1.54, 1.807) is 35.9 Å². The fourth-order valence-electron chi connectivity index (χ4n) is 5.24. The van der Waals surface area contributed by atoms with Crippen LogP contribution in [0, 0.1) is 17.8 Å². The molecule has 23 heavy (non-hydrogen) atoms. The average molecular weight is 333 g/mol. The van der Waals surface area contributed by atoms with E-state index in [4.69, 9.17) is 9.15 Å². The SMILES string of the molecule is COC1C2CC3CN(S(=O)(=O)c4cccc5ccoc45)C1C3C2. The van der Waals surface area contributed by atoms with Gasteiger partial charge in [0.2, 0.25) is 10.0 Å². The normalized spacial score (nSPS) is 36.3. The molecular formula is C17H19NO4S. The molecule has 5 unspecified atom stereocenters. The van der Waals surface area contributed by atoms with Gasteiger partial charge >= 0.3 is 0 Å². The lowest BCUT2D eigenvalue weighted by molar-refractivity contribution is 0.0265. The molecule has 122 valence electrons. The number of furan rings is 1. The first-order chi connectivity index (χ1) is 11.1. The van der Waals surface area contributed by atoms with E-state index in [1.807, 2.05) is 6.07 Å². The predicted molar refractivity (Wildman–Crippen MR) is 84.4 cm³/mol. The molecule has 3 aliphatic rings. The third kappa shape index (κ3) is 1.71. The van der Waals surface area contributed by atoms with E-state index in [0.29, 0.717) is 29.9 Å². The van der Waals surface area contributed by atoms with Gasteiger partial charge in [0.25, 0.3) is 0 Å². The maximum absolute atomic E-state index is 13.3. The Morgan fingerprint density at radius 3 is 2.91 bits per heavy atom. The third-order valence-electron chi connectivity index (χ3n) is 6.07. The molecular weight excluding hydrogens is 314 g/mol. The summed E-state index contributed by atoms with van der Waals surface area (Å²) in [7, 11) is -1.87. The summed E-state index contributed by atoms with van der Waals surface area (Å²) >= 11 is 0. The number of methoxy groups -OCH3 is 1. The van der Waals surface area contributed by atoms with Crippen molar-refractivity contribution in [3.63, 3.8) is 0 Å². The molecule has 3 fully saturated rings. The quantitative estimate of drug-likeness (QED) is 0.866. The zero-order valence-electron chi connectivity index (χ0n) is 12.9. The molecule has 0 amide bonds. The molecule has 2 saturated carbocycles. The molecule has 0 N–H and O–H groups in total. The monoisotopic (exact) mass is 333 g/mol. The fourth-order valence-corrected chi connectivity index (χ4v) is 7.12. The van der Waals surface area contributed by atoms with Crippen molar-refractivity contribution in [2.75, 3.05) is 13.7 Å². The van der Waals surface area contributed by atoms with Crippen LogP contribution in [-0.4, -0.2) is 38.5 Å². The van der Waals surface area contributed by atoms with Gasteiger partial charge in [-0.15, -0.1) is 0 Å². The van der Waals surface area contributed by atoms with E-state index in [9.17, 15) is 8.42 Å². The minimum Gasteiger partial charge on any atom is -0.463 e. The van der Waals surface area contributed by atoms with E-state index < -0.39 is 10.0 Å². The fraction of sp³-hybridized carbons (Fsp3) is 0.529. The van der Waals surface area contributed by atoms with E-state index in [1.165, 1.54) is 0 Å². The molecule has 0 radical (unpaired) electrons. The Labute approximate surface area is 135 Å². The molecule has 1 saturated heterocycles. The maximum atomic E-state index is 13.3. The van der Waals surface area contributed by atoms with Gasteiger partial charge in [0, 0.05) is 19.0 Å². The van der Waals surface area contributed by atoms with Crippen LogP contribution in [-0.2, 0) is 14.8 Å². The Bertz CT molecular complexity index is 872.